The highest BCUT2D eigenvalue weighted by atomic mass is 16.5. The quantitative estimate of drug-likeness (QED) is 0.225. The second-order valence-electron chi connectivity index (χ2n) is 15.5. The van der Waals surface area contributed by atoms with Crippen molar-refractivity contribution in [2.45, 2.75) is 109 Å². The van der Waals surface area contributed by atoms with Crippen molar-refractivity contribution >= 4 is 23.1 Å². The molecular formula is C41H47N3O2. The lowest BCUT2D eigenvalue weighted by Crippen LogP contribution is -2.39. The molecule has 5 nitrogen and oxygen atoms in total. The molecule has 0 radical (unpaired) electrons. The Bertz CT molecular complexity index is 1830. The van der Waals surface area contributed by atoms with Crippen molar-refractivity contribution in [3.8, 4) is 11.5 Å². The molecule has 0 N–H and O–H groups in total. The van der Waals surface area contributed by atoms with Gasteiger partial charge in [0.05, 0.1) is 17.4 Å². The Hall–Kier alpha value is -4.12. The zero-order valence-electron chi connectivity index (χ0n) is 28.6. The van der Waals surface area contributed by atoms with Crippen molar-refractivity contribution < 1.29 is 9.47 Å². The zero-order valence-corrected chi connectivity index (χ0v) is 28.6. The summed E-state index contributed by atoms with van der Waals surface area (Å²) in [7, 11) is 0. The predicted molar refractivity (Wildman–Crippen MR) is 189 cm³/mol. The molecule has 7 rings (SSSR count). The number of fused-ring (bicyclic) bond motifs is 3. The summed E-state index contributed by atoms with van der Waals surface area (Å²) in [6.45, 7) is 18.0. The standard InChI is InChI=1S/C41H47N3O2/c1-26(2)27-21-28(38-43-36-15-11-12-19-41(36,8)46-38)23-31(22-27)45-30-16-17-33-35(25-30)44(34-14-10-9-13-32(34)40(33,6)7)37-24-29(18-20-42-37)39(3,4)5/h9-10,13-14,16-18,20-26,36H,11-12,15,19H2,1-8H3/t36-,41-/m0/s1. The first-order chi connectivity index (χ1) is 21.8. The number of para-hydroxylation sites is 1. The Morgan fingerprint density at radius 2 is 1.65 bits per heavy atom. The fourth-order valence-corrected chi connectivity index (χ4v) is 7.42. The molecule has 1 saturated carbocycles. The molecule has 4 aromatic rings. The van der Waals surface area contributed by atoms with Crippen LogP contribution >= 0.6 is 0 Å². The van der Waals surface area contributed by atoms with Crippen LogP contribution < -0.4 is 9.64 Å². The smallest absolute Gasteiger partial charge is 0.217 e. The molecule has 0 unspecified atom stereocenters. The van der Waals surface area contributed by atoms with Crippen molar-refractivity contribution in [3.63, 3.8) is 0 Å². The van der Waals surface area contributed by atoms with Crippen LogP contribution in [0.3, 0.4) is 0 Å². The van der Waals surface area contributed by atoms with Gasteiger partial charge in [-0.25, -0.2) is 9.98 Å². The van der Waals surface area contributed by atoms with E-state index in [1.54, 1.807) is 0 Å². The lowest BCUT2D eigenvalue weighted by atomic mass is 9.73. The lowest BCUT2D eigenvalue weighted by molar-refractivity contribution is 0.0446. The lowest BCUT2D eigenvalue weighted by Gasteiger charge is -2.41. The SMILES string of the molecule is CC(C)c1cc(Oc2ccc3c(c2)N(c2cc(C(C)(C)C)ccn2)c2ccccc2C3(C)C)cc(C2=N[C@H]3CCCC[C@]3(C)O2)c1. The second-order valence-corrected chi connectivity index (χ2v) is 15.5. The molecule has 46 heavy (non-hydrogen) atoms. The Morgan fingerprint density at radius 3 is 2.41 bits per heavy atom. The second kappa shape index (κ2) is 11.0. The zero-order chi connectivity index (χ0) is 32.4. The predicted octanol–water partition coefficient (Wildman–Crippen LogP) is 10.9. The van der Waals surface area contributed by atoms with Gasteiger partial charge in [-0.1, -0.05) is 79.2 Å². The molecule has 0 saturated heterocycles. The minimum atomic E-state index is -0.203. The van der Waals surface area contributed by atoms with Crippen LogP contribution in [-0.4, -0.2) is 22.5 Å². The molecule has 2 aliphatic heterocycles. The number of aromatic nitrogens is 1. The van der Waals surface area contributed by atoms with Gasteiger partial charge in [0.2, 0.25) is 5.90 Å². The minimum absolute atomic E-state index is 0.00171. The molecule has 0 spiro atoms. The molecule has 3 aromatic carbocycles. The summed E-state index contributed by atoms with van der Waals surface area (Å²) in [5.74, 6) is 3.57. The average Bonchev–Trinajstić information content (AvgIpc) is 3.38. The van der Waals surface area contributed by atoms with E-state index >= 15 is 0 Å². The molecule has 3 aliphatic rings. The van der Waals surface area contributed by atoms with E-state index in [4.69, 9.17) is 19.5 Å². The third kappa shape index (κ3) is 5.28. The maximum absolute atomic E-state index is 6.74. The summed E-state index contributed by atoms with van der Waals surface area (Å²) in [5.41, 5.74) is 7.80. The number of hydrogen-bond donors (Lipinski definition) is 0. The van der Waals surface area contributed by atoms with E-state index in [0.717, 1.165) is 53.0 Å². The fraction of sp³-hybridized carbons (Fsp3) is 0.415. The summed E-state index contributed by atoms with van der Waals surface area (Å²) < 4.78 is 13.3. The Balaban J connectivity index is 1.31. The van der Waals surface area contributed by atoms with Crippen LogP contribution in [0.25, 0.3) is 0 Å². The van der Waals surface area contributed by atoms with Crippen LogP contribution in [-0.2, 0) is 15.6 Å². The highest BCUT2D eigenvalue weighted by Gasteiger charge is 2.44. The van der Waals surface area contributed by atoms with Crippen LogP contribution in [0.2, 0.25) is 0 Å². The highest BCUT2D eigenvalue weighted by Crippen LogP contribution is 2.52. The van der Waals surface area contributed by atoms with Crippen molar-refractivity contribution in [3.05, 3.63) is 107 Å². The van der Waals surface area contributed by atoms with Gasteiger partial charge in [0.25, 0.3) is 0 Å². The maximum atomic E-state index is 6.74. The van der Waals surface area contributed by atoms with Crippen molar-refractivity contribution in [1.29, 1.82) is 0 Å². The molecular weight excluding hydrogens is 566 g/mol. The van der Waals surface area contributed by atoms with Crippen molar-refractivity contribution in [2.75, 3.05) is 4.90 Å². The molecule has 3 heterocycles. The van der Waals surface area contributed by atoms with Gasteiger partial charge in [-0.15, -0.1) is 0 Å². The normalized spacial score (nSPS) is 21.6. The third-order valence-electron chi connectivity index (χ3n) is 10.3. The monoisotopic (exact) mass is 613 g/mol. The van der Waals surface area contributed by atoms with E-state index in [0.29, 0.717) is 5.92 Å². The first-order valence-electron chi connectivity index (χ1n) is 16.9. The first kappa shape index (κ1) is 30.5. The summed E-state index contributed by atoms with van der Waals surface area (Å²) in [6, 6.07) is 26.3. The van der Waals surface area contributed by atoms with Gasteiger partial charge in [0.1, 0.15) is 22.9 Å². The molecule has 1 aliphatic carbocycles. The highest BCUT2D eigenvalue weighted by molar-refractivity contribution is 5.96. The summed E-state index contributed by atoms with van der Waals surface area (Å²) in [5, 5.41) is 0. The van der Waals surface area contributed by atoms with Gasteiger partial charge in [0, 0.05) is 23.2 Å². The molecule has 1 aromatic heterocycles. The minimum Gasteiger partial charge on any atom is -0.469 e. The van der Waals surface area contributed by atoms with Crippen molar-refractivity contribution in [1.82, 2.24) is 4.98 Å². The van der Waals surface area contributed by atoms with Crippen LogP contribution in [0.5, 0.6) is 11.5 Å². The summed E-state index contributed by atoms with van der Waals surface area (Å²) in [6.07, 6.45) is 6.49. The topological polar surface area (TPSA) is 47.0 Å². The van der Waals surface area contributed by atoms with Crippen LogP contribution in [0, 0.1) is 0 Å². The van der Waals surface area contributed by atoms with Gasteiger partial charge in [-0.3, -0.25) is 4.90 Å². The molecule has 5 heteroatoms. The number of aliphatic imine (C=N–C) groups is 1. The molecule has 0 bridgehead atoms. The van der Waals surface area contributed by atoms with E-state index in [-0.39, 0.29) is 22.5 Å². The number of anilines is 3. The molecule has 1 fully saturated rings. The van der Waals surface area contributed by atoms with E-state index in [1.165, 1.54) is 35.1 Å². The van der Waals surface area contributed by atoms with Crippen molar-refractivity contribution in [2.24, 2.45) is 4.99 Å². The maximum Gasteiger partial charge on any atom is 0.217 e. The van der Waals surface area contributed by atoms with Gasteiger partial charge >= 0.3 is 0 Å². The van der Waals surface area contributed by atoms with Crippen LogP contribution in [0.4, 0.5) is 17.2 Å². The van der Waals surface area contributed by atoms with E-state index < -0.39 is 0 Å². The number of nitrogens with zero attached hydrogens (tertiary/aromatic N) is 3. The van der Waals surface area contributed by atoms with Crippen LogP contribution in [0.15, 0.2) is 84.0 Å². The Kier molecular flexibility index (Phi) is 7.30. The van der Waals surface area contributed by atoms with Gasteiger partial charge < -0.3 is 9.47 Å². The Morgan fingerprint density at radius 1 is 0.870 bits per heavy atom. The summed E-state index contributed by atoms with van der Waals surface area (Å²) in [4.78, 5) is 12.3. The largest absolute Gasteiger partial charge is 0.469 e. The molecule has 0 amide bonds. The van der Waals surface area contributed by atoms with E-state index in [2.05, 4.69) is 133 Å². The first-order valence-corrected chi connectivity index (χ1v) is 16.9. The van der Waals surface area contributed by atoms with Gasteiger partial charge in [-0.2, -0.15) is 0 Å². The Labute approximate surface area is 274 Å². The fourth-order valence-electron chi connectivity index (χ4n) is 7.42. The van der Waals surface area contributed by atoms with Gasteiger partial charge in [-0.05, 0) is 102 Å². The summed E-state index contributed by atoms with van der Waals surface area (Å²) >= 11 is 0. The number of pyridine rings is 1. The molecule has 238 valence electrons. The average molecular weight is 614 g/mol. The third-order valence-corrected chi connectivity index (χ3v) is 10.3. The number of hydrogen-bond acceptors (Lipinski definition) is 5. The van der Waals surface area contributed by atoms with Gasteiger partial charge in [0.15, 0.2) is 0 Å². The number of rotatable bonds is 5. The van der Waals surface area contributed by atoms with Crippen LogP contribution in [0.1, 0.15) is 115 Å². The number of benzene rings is 3. The van der Waals surface area contributed by atoms with E-state index in [9.17, 15) is 0 Å². The van der Waals surface area contributed by atoms with E-state index in [1.807, 2.05) is 6.20 Å². The number of ether oxygens (including phenoxy) is 2. The molecule has 2 atom stereocenters.